The molecule has 2 aliphatic rings. The number of rotatable bonds is 4. The van der Waals surface area contributed by atoms with Gasteiger partial charge in [0.05, 0.1) is 0 Å². The third kappa shape index (κ3) is 3.54. The van der Waals surface area contributed by atoms with Gasteiger partial charge in [0.15, 0.2) is 0 Å². The maximum Gasteiger partial charge on any atom is 0.0117 e. The van der Waals surface area contributed by atoms with Crippen molar-refractivity contribution in [3.63, 3.8) is 0 Å². The first kappa shape index (κ1) is 11.0. The van der Waals surface area contributed by atoms with Crippen LogP contribution in [0.4, 0.5) is 0 Å². The molecule has 2 unspecified atom stereocenters. The van der Waals surface area contributed by atoms with Gasteiger partial charge in [-0.3, -0.25) is 0 Å². The largest absolute Gasteiger partial charge is 0.314 e. The van der Waals surface area contributed by atoms with E-state index in [4.69, 9.17) is 6.42 Å². The Balaban J connectivity index is 1.81. The van der Waals surface area contributed by atoms with E-state index < -0.39 is 0 Å². The van der Waals surface area contributed by atoms with Crippen LogP contribution in [0.25, 0.3) is 0 Å². The molecule has 0 aromatic carbocycles. The Labute approximate surface area is 94.0 Å². The maximum atomic E-state index is 5.47. The first-order valence-corrected chi connectivity index (χ1v) is 6.57. The fourth-order valence-corrected chi connectivity index (χ4v) is 2.76. The molecule has 0 amide bonds. The van der Waals surface area contributed by atoms with Gasteiger partial charge < -0.3 is 5.32 Å². The predicted molar refractivity (Wildman–Crippen MR) is 64.5 cm³/mol. The zero-order valence-electron chi connectivity index (χ0n) is 9.67. The molecule has 2 rings (SSSR count). The minimum atomic E-state index is 0.795. The zero-order valence-corrected chi connectivity index (χ0v) is 9.67. The summed E-state index contributed by atoms with van der Waals surface area (Å²) in [6.45, 7) is 1.22. The van der Waals surface area contributed by atoms with Crippen LogP contribution in [0.3, 0.4) is 0 Å². The Kier molecular flexibility index (Phi) is 4.09. The molecule has 0 spiro atoms. The van der Waals surface area contributed by atoms with E-state index in [0.29, 0.717) is 0 Å². The molecule has 2 fully saturated rings. The van der Waals surface area contributed by atoms with Gasteiger partial charge in [-0.2, -0.15) is 0 Å². The molecule has 0 aliphatic heterocycles. The van der Waals surface area contributed by atoms with E-state index in [1.807, 2.05) is 0 Å². The molecule has 0 aromatic rings. The SMILES string of the molecule is C#CCC1CCCCCC1CNC1CC1. The summed E-state index contributed by atoms with van der Waals surface area (Å²) in [4.78, 5) is 0. The van der Waals surface area contributed by atoms with Crippen molar-refractivity contribution in [3.05, 3.63) is 0 Å². The molecule has 0 saturated heterocycles. The second-order valence-electron chi connectivity index (χ2n) is 5.25. The Morgan fingerprint density at radius 3 is 2.40 bits per heavy atom. The number of hydrogen-bond donors (Lipinski definition) is 1. The van der Waals surface area contributed by atoms with Crippen molar-refractivity contribution in [1.82, 2.24) is 5.32 Å². The molecule has 2 atom stereocenters. The molecule has 0 aromatic heterocycles. The monoisotopic (exact) mass is 205 g/mol. The second kappa shape index (κ2) is 5.56. The van der Waals surface area contributed by atoms with Gasteiger partial charge in [-0.05, 0) is 44.1 Å². The highest BCUT2D eigenvalue weighted by molar-refractivity contribution is 4.91. The molecule has 0 bridgehead atoms. The molecule has 15 heavy (non-hydrogen) atoms. The summed E-state index contributed by atoms with van der Waals surface area (Å²) >= 11 is 0. The van der Waals surface area contributed by atoms with Crippen molar-refractivity contribution in [2.24, 2.45) is 11.8 Å². The van der Waals surface area contributed by atoms with Crippen LogP contribution in [0.1, 0.15) is 51.4 Å². The molecule has 2 saturated carbocycles. The number of nitrogens with one attached hydrogen (secondary N) is 1. The van der Waals surface area contributed by atoms with E-state index >= 15 is 0 Å². The van der Waals surface area contributed by atoms with Gasteiger partial charge in [0.2, 0.25) is 0 Å². The van der Waals surface area contributed by atoms with Gasteiger partial charge in [-0.15, -0.1) is 12.3 Å². The quantitative estimate of drug-likeness (QED) is 0.549. The van der Waals surface area contributed by atoms with Crippen molar-refractivity contribution >= 4 is 0 Å². The van der Waals surface area contributed by atoms with Crippen molar-refractivity contribution in [3.8, 4) is 12.3 Å². The lowest BCUT2D eigenvalue weighted by Gasteiger charge is -2.23. The summed E-state index contributed by atoms with van der Waals surface area (Å²) in [5, 5.41) is 3.67. The number of hydrogen-bond acceptors (Lipinski definition) is 1. The van der Waals surface area contributed by atoms with E-state index in [-0.39, 0.29) is 0 Å². The minimum Gasteiger partial charge on any atom is -0.314 e. The Morgan fingerprint density at radius 2 is 1.73 bits per heavy atom. The Hall–Kier alpha value is -0.480. The fraction of sp³-hybridized carbons (Fsp3) is 0.857. The first-order chi connectivity index (χ1) is 7.40. The summed E-state index contributed by atoms with van der Waals surface area (Å²) < 4.78 is 0. The molecule has 1 nitrogen and oxygen atoms in total. The van der Waals surface area contributed by atoms with Gasteiger partial charge in [-0.1, -0.05) is 19.3 Å². The van der Waals surface area contributed by atoms with E-state index in [1.54, 1.807) is 0 Å². The van der Waals surface area contributed by atoms with E-state index in [2.05, 4.69) is 11.2 Å². The average molecular weight is 205 g/mol. The summed E-state index contributed by atoms with van der Waals surface area (Å²) in [7, 11) is 0. The highest BCUT2D eigenvalue weighted by Crippen LogP contribution is 2.31. The fourth-order valence-electron chi connectivity index (χ4n) is 2.76. The Morgan fingerprint density at radius 1 is 1.00 bits per heavy atom. The van der Waals surface area contributed by atoms with E-state index in [0.717, 1.165) is 24.3 Å². The highest BCUT2D eigenvalue weighted by Gasteiger charge is 2.26. The van der Waals surface area contributed by atoms with Crippen LogP contribution in [0, 0.1) is 24.2 Å². The predicted octanol–water partition coefficient (Wildman–Crippen LogP) is 2.96. The van der Waals surface area contributed by atoms with Crippen molar-refractivity contribution < 1.29 is 0 Å². The lowest BCUT2D eigenvalue weighted by molar-refractivity contribution is 0.304. The summed E-state index contributed by atoms with van der Waals surface area (Å²) in [6.07, 6.45) is 16.2. The van der Waals surface area contributed by atoms with Gasteiger partial charge >= 0.3 is 0 Å². The summed E-state index contributed by atoms with van der Waals surface area (Å²) in [5.74, 6) is 4.52. The van der Waals surface area contributed by atoms with Gasteiger partial charge in [0.25, 0.3) is 0 Å². The smallest absolute Gasteiger partial charge is 0.0117 e. The molecule has 84 valence electrons. The lowest BCUT2D eigenvalue weighted by atomic mass is 9.85. The molecule has 2 aliphatic carbocycles. The van der Waals surface area contributed by atoms with Crippen LogP contribution in [0.15, 0.2) is 0 Å². The molecule has 0 radical (unpaired) electrons. The van der Waals surface area contributed by atoms with Crippen LogP contribution >= 0.6 is 0 Å². The van der Waals surface area contributed by atoms with Crippen LogP contribution in [-0.4, -0.2) is 12.6 Å². The molecule has 1 heteroatoms. The van der Waals surface area contributed by atoms with E-state index in [9.17, 15) is 0 Å². The summed E-state index contributed by atoms with van der Waals surface area (Å²) in [5.41, 5.74) is 0. The third-order valence-electron chi connectivity index (χ3n) is 3.94. The normalized spacial score (nSPS) is 31.9. The summed E-state index contributed by atoms with van der Waals surface area (Å²) in [6, 6.07) is 0.847. The van der Waals surface area contributed by atoms with Crippen LogP contribution in [-0.2, 0) is 0 Å². The van der Waals surface area contributed by atoms with Crippen LogP contribution in [0.2, 0.25) is 0 Å². The average Bonchev–Trinajstić information content (AvgIpc) is 3.03. The van der Waals surface area contributed by atoms with Gasteiger partial charge in [-0.25, -0.2) is 0 Å². The zero-order chi connectivity index (χ0) is 10.5. The Bertz CT molecular complexity index is 224. The van der Waals surface area contributed by atoms with Crippen molar-refractivity contribution in [2.45, 2.75) is 57.4 Å². The molecule has 0 heterocycles. The van der Waals surface area contributed by atoms with Crippen LogP contribution in [0.5, 0.6) is 0 Å². The second-order valence-corrected chi connectivity index (χ2v) is 5.25. The van der Waals surface area contributed by atoms with Crippen LogP contribution < -0.4 is 5.32 Å². The standard InChI is InChI=1S/C14H23N/c1-2-6-12-7-4-3-5-8-13(12)11-15-14-9-10-14/h1,12-15H,3-11H2. The maximum absolute atomic E-state index is 5.47. The first-order valence-electron chi connectivity index (χ1n) is 6.57. The molecular formula is C14H23N. The van der Waals surface area contributed by atoms with Crippen molar-refractivity contribution in [2.75, 3.05) is 6.54 Å². The minimum absolute atomic E-state index is 0.795. The molecule has 1 N–H and O–H groups in total. The van der Waals surface area contributed by atoms with Gasteiger partial charge in [0.1, 0.15) is 0 Å². The van der Waals surface area contributed by atoms with Gasteiger partial charge in [0, 0.05) is 12.5 Å². The molecular weight excluding hydrogens is 182 g/mol. The third-order valence-corrected chi connectivity index (χ3v) is 3.94. The van der Waals surface area contributed by atoms with E-state index in [1.165, 1.54) is 51.5 Å². The lowest BCUT2D eigenvalue weighted by Crippen LogP contribution is -2.29. The highest BCUT2D eigenvalue weighted by atomic mass is 14.9. The topological polar surface area (TPSA) is 12.0 Å². The number of terminal acetylenes is 1. The van der Waals surface area contributed by atoms with Crippen molar-refractivity contribution in [1.29, 1.82) is 0 Å².